The minimum Gasteiger partial charge on any atom is -0.243 e. The van der Waals surface area contributed by atoms with Gasteiger partial charge in [0.1, 0.15) is 0 Å². The molecule has 0 atom stereocenters. The van der Waals surface area contributed by atoms with E-state index in [1.807, 2.05) is 12.1 Å². The molecular formula is C19H15N3O2S. The van der Waals surface area contributed by atoms with Gasteiger partial charge in [0.2, 0.25) is 0 Å². The molecule has 0 bridgehead atoms. The molecule has 0 saturated heterocycles. The van der Waals surface area contributed by atoms with Crippen molar-refractivity contribution in [3.8, 4) is 6.07 Å². The number of primary sulfonamides is 1. The molecule has 2 aromatic rings. The largest absolute Gasteiger partial charge is 0.255 e. The van der Waals surface area contributed by atoms with Crippen LogP contribution in [-0.4, -0.2) is 13.4 Å². The molecule has 2 aliphatic carbocycles. The molecule has 1 aromatic heterocycles. The lowest BCUT2D eigenvalue weighted by atomic mass is 9.95. The summed E-state index contributed by atoms with van der Waals surface area (Å²) in [5.74, 6) is 0. The lowest BCUT2D eigenvalue weighted by Gasteiger charge is -2.10. The monoisotopic (exact) mass is 349 g/mol. The predicted molar refractivity (Wildman–Crippen MR) is 94.4 cm³/mol. The Bertz CT molecular complexity index is 1050. The first kappa shape index (κ1) is 15.8. The second-order valence-corrected chi connectivity index (χ2v) is 7.98. The highest BCUT2D eigenvalue weighted by molar-refractivity contribution is 7.89. The van der Waals surface area contributed by atoms with Crippen molar-refractivity contribution in [2.24, 2.45) is 10.6 Å². The number of hydrogen-bond donors (Lipinski definition) is 1. The SMILES string of the molecule is N#Cc1ccc(C2=CC3(C=C2c2ccc(S(N)(=O)=O)nc2)CC3)cc1. The fraction of sp³-hybridized carbons (Fsp3) is 0.158. The van der Waals surface area contributed by atoms with E-state index in [1.165, 1.54) is 6.07 Å². The number of hydrogen-bond acceptors (Lipinski definition) is 4. The summed E-state index contributed by atoms with van der Waals surface area (Å²) in [6, 6.07) is 12.8. The summed E-state index contributed by atoms with van der Waals surface area (Å²) in [4.78, 5) is 3.99. The van der Waals surface area contributed by atoms with Crippen molar-refractivity contribution < 1.29 is 8.42 Å². The Labute approximate surface area is 146 Å². The highest BCUT2D eigenvalue weighted by atomic mass is 32.2. The summed E-state index contributed by atoms with van der Waals surface area (Å²) < 4.78 is 22.8. The average Bonchev–Trinajstić information content (AvgIpc) is 3.25. The molecule has 6 heteroatoms. The van der Waals surface area contributed by atoms with E-state index in [-0.39, 0.29) is 10.4 Å². The zero-order valence-corrected chi connectivity index (χ0v) is 14.1. The van der Waals surface area contributed by atoms with E-state index in [0.29, 0.717) is 5.56 Å². The van der Waals surface area contributed by atoms with Gasteiger partial charge in [-0.1, -0.05) is 24.3 Å². The molecule has 2 aliphatic rings. The molecule has 25 heavy (non-hydrogen) atoms. The van der Waals surface area contributed by atoms with E-state index < -0.39 is 10.0 Å². The number of rotatable bonds is 3. The number of nitrogens with two attached hydrogens (primary N) is 1. The van der Waals surface area contributed by atoms with Crippen molar-refractivity contribution in [1.82, 2.24) is 4.98 Å². The fourth-order valence-corrected chi connectivity index (χ4v) is 3.57. The van der Waals surface area contributed by atoms with E-state index in [1.54, 1.807) is 24.4 Å². The van der Waals surface area contributed by atoms with Crippen molar-refractivity contribution in [3.63, 3.8) is 0 Å². The van der Waals surface area contributed by atoms with Gasteiger partial charge in [-0.05, 0) is 53.8 Å². The molecule has 0 amide bonds. The first-order valence-electron chi connectivity index (χ1n) is 7.86. The highest BCUT2D eigenvalue weighted by Gasteiger charge is 2.43. The Morgan fingerprint density at radius 3 is 2.08 bits per heavy atom. The van der Waals surface area contributed by atoms with Gasteiger partial charge >= 0.3 is 0 Å². The Kier molecular flexibility index (Phi) is 3.39. The summed E-state index contributed by atoms with van der Waals surface area (Å²) in [6.45, 7) is 0. The fourth-order valence-electron chi connectivity index (χ4n) is 3.12. The Hall–Kier alpha value is -2.75. The summed E-state index contributed by atoms with van der Waals surface area (Å²) in [5, 5.41) is 13.9. The lowest BCUT2D eigenvalue weighted by Crippen LogP contribution is -2.13. The maximum Gasteiger partial charge on any atom is 0.255 e. The minimum absolute atomic E-state index is 0.108. The van der Waals surface area contributed by atoms with Crippen molar-refractivity contribution in [3.05, 3.63) is 71.4 Å². The quantitative estimate of drug-likeness (QED) is 0.921. The molecule has 5 nitrogen and oxygen atoms in total. The second-order valence-electron chi connectivity index (χ2n) is 6.47. The highest BCUT2D eigenvalue weighted by Crippen LogP contribution is 2.57. The van der Waals surface area contributed by atoms with Crippen LogP contribution in [0.5, 0.6) is 0 Å². The molecule has 0 radical (unpaired) electrons. The van der Waals surface area contributed by atoms with Gasteiger partial charge in [0.25, 0.3) is 10.0 Å². The third-order valence-electron chi connectivity index (χ3n) is 4.64. The third-order valence-corrected chi connectivity index (χ3v) is 5.47. The van der Waals surface area contributed by atoms with Crippen LogP contribution in [0.3, 0.4) is 0 Å². The van der Waals surface area contributed by atoms with Crippen molar-refractivity contribution in [2.75, 3.05) is 0 Å². The molecular weight excluding hydrogens is 334 g/mol. The number of nitriles is 1. The molecule has 0 aliphatic heterocycles. The molecule has 0 unspecified atom stereocenters. The lowest BCUT2D eigenvalue weighted by molar-refractivity contribution is 0.594. The molecule has 1 fully saturated rings. The summed E-state index contributed by atoms with van der Waals surface area (Å²) in [7, 11) is -3.80. The zero-order valence-electron chi connectivity index (χ0n) is 13.3. The molecule has 124 valence electrons. The first-order valence-corrected chi connectivity index (χ1v) is 9.41. The van der Waals surface area contributed by atoms with Gasteiger partial charge in [0, 0.05) is 17.2 Å². The van der Waals surface area contributed by atoms with Gasteiger partial charge in [-0.2, -0.15) is 5.26 Å². The van der Waals surface area contributed by atoms with Crippen LogP contribution in [0.4, 0.5) is 0 Å². The van der Waals surface area contributed by atoms with Crippen molar-refractivity contribution >= 4 is 21.2 Å². The zero-order chi connectivity index (χ0) is 17.7. The Balaban J connectivity index is 1.75. The number of aromatic nitrogens is 1. The molecule has 1 saturated carbocycles. The summed E-state index contributed by atoms with van der Waals surface area (Å²) in [5.41, 5.74) is 4.74. The van der Waals surface area contributed by atoms with E-state index in [0.717, 1.165) is 35.1 Å². The Morgan fingerprint density at radius 1 is 1.00 bits per heavy atom. The topological polar surface area (TPSA) is 96.8 Å². The minimum atomic E-state index is -3.80. The number of sulfonamides is 1. The average molecular weight is 349 g/mol. The van der Waals surface area contributed by atoms with Crippen LogP contribution < -0.4 is 5.14 Å². The predicted octanol–water partition coefficient (Wildman–Crippen LogP) is 2.86. The maximum absolute atomic E-state index is 11.4. The number of allylic oxidation sites excluding steroid dienone is 4. The van der Waals surface area contributed by atoms with Gasteiger partial charge in [-0.3, -0.25) is 0 Å². The van der Waals surface area contributed by atoms with Crippen LogP contribution in [0.15, 0.2) is 59.8 Å². The molecule has 1 spiro atoms. The van der Waals surface area contributed by atoms with E-state index >= 15 is 0 Å². The van der Waals surface area contributed by atoms with E-state index in [9.17, 15) is 8.42 Å². The molecule has 1 aromatic carbocycles. The van der Waals surface area contributed by atoms with Gasteiger partial charge in [-0.15, -0.1) is 0 Å². The van der Waals surface area contributed by atoms with Crippen LogP contribution in [0.2, 0.25) is 0 Å². The van der Waals surface area contributed by atoms with Gasteiger partial charge in [-0.25, -0.2) is 18.5 Å². The molecule has 4 rings (SSSR count). The number of nitrogens with zero attached hydrogens (tertiary/aromatic N) is 2. The van der Waals surface area contributed by atoms with Crippen LogP contribution in [0.1, 0.15) is 29.5 Å². The number of pyridine rings is 1. The smallest absolute Gasteiger partial charge is 0.243 e. The van der Waals surface area contributed by atoms with Crippen molar-refractivity contribution in [1.29, 1.82) is 5.26 Å². The van der Waals surface area contributed by atoms with Crippen molar-refractivity contribution in [2.45, 2.75) is 17.9 Å². The first-order chi connectivity index (χ1) is 11.9. The van der Waals surface area contributed by atoms with Crippen LogP contribution in [-0.2, 0) is 10.0 Å². The van der Waals surface area contributed by atoms with Gasteiger partial charge < -0.3 is 0 Å². The second kappa shape index (κ2) is 5.38. The third kappa shape index (κ3) is 2.88. The van der Waals surface area contributed by atoms with Crippen LogP contribution >= 0.6 is 0 Å². The Morgan fingerprint density at radius 2 is 1.60 bits per heavy atom. The van der Waals surface area contributed by atoms with E-state index in [2.05, 4.69) is 23.2 Å². The van der Waals surface area contributed by atoms with Crippen LogP contribution in [0, 0.1) is 16.7 Å². The van der Waals surface area contributed by atoms with E-state index in [4.69, 9.17) is 10.4 Å². The molecule has 1 heterocycles. The maximum atomic E-state index is 11.4. The molecule has 2 N–H and O–H groups in total. The normalized spacial score (nSPS) is 17.8. The number of benzene rings is 1. The summed E-state index contributed by atoms with van der Waals surface area (Å²) in [6.07, 6.45) is 8.26. The van der Waals surface area contributed by atoms with Gasteiger partial charge in [0.15, 0.2) is 5.03 Å². The van der Waals surface area contributed by atoms with Crippen LogP contribution in [0.25, 0.3) is 11.1 Å². The summed E-state index contributed by atoms with van der Waals surface area (Å²) >= 11 is 0. The van der Waals surface area contributed by atoms with Gasteiger partial charge in [0.05, 0.1) is 11.6 Å². The standard InChI is InChI=1S/C19H15N3O2S/c20-11-13-1-3-14(4-2-13)16-9-19(7-8-19)10-17(16)15-5-6-18(22-12-15)25(21,23)24/h1-6,9-10,12H,7-8H2,(H2,21,23,24).